The maximum absolute atomic E-state index is 6.05. The van der Waals surface area contributed by atoms with Crippen LogP contribution < -0.4 is 4.90 Å². The van der Waals surface area contributed by atoms with Crippen LogP contribution in [0.3, 0.4) is 0 Å². The number of oxazole rings is 1. The molecule has 1 aliphatic heterocycles. The molecule has 6 heteroatoms. The summed E-state index contributed by atoms with van der Waals surface area (Å²) in [4.78, 5) is 11.2. The minimum Gasteiger partial charge on any atom is -0.423 e. The quantitative estimate of drug-likeness (QED) is 0.468. The lowest BCUT2D eigenvalue weighted by Gasteiger charge is -2.26. The van der Waals surface area contributed by atoms with E-state index >= 15 is 0 Å². The van der Waals surface area contributed by atoms with Crippen molar-refractivity contribution in [1.82, 2.24) is 19.1 Å². The fraction of sp³-hybridized carbons (Fsp3) is 0.182. The number of rotatable bonds is 2. The molecular weight excluding hydrogens is 350 g/mol. The summed E-state index contributed by atoms with van der Waals surface area (Å²) < 4.78 is 10.4. The van der Waals surface area contributed by atoms with Gasteiger partial charge in [0.2, 0.25) is 0 Å². The minimum atomic E-state index is 0.679. The molecule has 0 atom stereocenters. The first-order valence-electron chi connectivity index (χ1n) is 9.45. The Bertz CT molecular complexity index is 1330. The third-order valence-electron chi connectivity index (χ3n) is 5.63. The van der Waals surface area contributed by atoms with Crippen molar-refractivity contribution in [1.29, 1.82) is 0 Å². The van der Waals surface area contributed by atoms with Crippen molar-refractivity contribution in [3.63, 3.8) is 0 Å². The van der Waals surface area contributed by atoms with E-state index in [0.717, 1.165) is 36.3 Å². The summed E-state index contributed by atoms with van der Waals surface area (Å²) in [5, 5.41) is 1.24. The second-order valence-corrected chi connectivity index (χ2v) is 7.38. The van der Waals surface area contributed by atoms with Gasteiger partial charge in [0.25, 0.3) is 6.01 Å². The van der Waals surface area contributed by atoms with E-state index < -0.39 is 0 Å². The Kier molecular flexibility index (Phi) is 3.17. The van der Waals surface area contributed by atoms with Crippen LogP contribution in [0.25, 0.3) is 33.1 Å². The number of nitrogens with zero attached hydrogens (tertiary/aromatic N) is 5. The number of aryl methyl sites for hydroxylation is 1. The molecule has 3 aromatic heterocycles. The van der Waals surface area contributed by atoms with E-state index in [1.165, 1.54) is 22.2 Å². The average molecular weight is 369 g/mol. The summed E-state index contributed by atoms with van der Waals surface area (Å²) in [6.07, 6.45) is 5.88. The van der Waals surface area contributed by atoms with E-state index in [9.17, 15) is 0 Å². The van der Waals surface area contributed by atoms with E-state index in [2.05, 4.69) is 68.7 Å². The van der Waals surface area contributed by atoms with E-state index in [4.69, 9.17) is 9.40 Å². The number of benzene rings is 2. The maximum Gasteiger partial charge on any atom is 0.298 e. The zero-order valence-corrected chi connectivity index (χ0v) is 15.5. The van der Waals surface area contributed by atoms with Crippen LogP contribution in [-0.2, 0) is 20.1 Å². The number of hydrogen-bond donors (Lipinski definition) is 0. The lowest BCUT2D eigenvalue weighted by Crippen LogP contribution is -2.33. The Balaban J connectivity index is 1.36. The van der Waals surface area contributed by atoms with Crippen LogP contribution >= 0.6 is 0 Å². The molecule has 6 rings (SSSR count). The summed E-state index contributed by atoms with van der Waals surface area (Å²) >= 11 is 0. The van der Waals surface area contributed by atoms with Gasteiger partial charge in [0.1, 0.15) is 5.52 Å². The Labute approximate surface area is 161 Å². The van der Waals surface area contributed by atoms with Crippen LogP contribution in [0.4, 0.5) is 6.01 Å². The highest BCUT2D eigenvalue weighted by Gasteiger charge is 2.20. The molecule has 0 unspecified atom stereocenters. The standard InChI is InChI=1S/C22H19N5O/c1-25-7-6-17-10-15(2-4-20(17)25)16-3-5-21-19(11-16)24-22(28-21)26-8-9-27-14-23-12-18(27)13-26/h2-7,10-12,14H,8-9,13H2,1H3. The number of imidazole rings is 1. The zero-order chi connectivity index (χ0) is 18.7. The number of aromatic nitrogens is 4. The van der Waals surface area contributed by atoms with Gasteiger partial charge in [0.05, 0.1) is 18.6 Å². The summed E-state index contributed by atoms with van der Waals surface area (Å²) in [5.74, 6) is 0. The first-order chi connectivity index (χ1) is 13.7. The molecule has 28 heavy (non-hydrogen) atoms. The first-order valence-corrected chi connectivity index (χ1v) is 9.45. The third kappa shape index (κ3) is 2.34. The van der Waals surface area contributed by atoms with Gasteiger partial charge in [-0.1, -0.05) is 12.1 Å². The first kappa shape index (κ1) is 15.5. The second kappa shape index (κ2) is 5.73. The summed E-state index contributed by atoms with van der Waals surface area (Å²) in [6, 6.07) is 15.6. The Morgan fingerprint density at radius 2 is 1.89 bits per heavy atom. The zero-order valence-electron chi connectivity index (χ0n) is 15.5. The summed E-state index contributed by atoms with van der Waals surface area (Å²) in [7, 11) is 2.07. The van der Waals surface area contributed by atoms with Crippen molar-refractivity contribution in [3.8, 4) is 11.1 Å². The molecule has 0 spiro atoms. The van der Waals surface area contributed by atoms with Gasteiger partial charge in [-0.2, -0.15) is 4.98 Å². The van der Waals surface area contributed by atoms with Gasteiger partial charge in [-0.3, -0.25) is 0 Å². The molecule has 6 nitrogen and oxygen atoms in total. The molecule has 138 valence electrons. The highest BCUT2D eigenvalue weighted by molar-refractivity contribution is 5.88. The molecule has 4 heterocycles. The maximum atomic E-state index is 6.05. The number of hydrogen-bond acceptors (Lipinski definition) is 4. The monoisotopic (exact) mass is 369 g/mol. The summed E-state index contributed by atoms with van der Waals surface area (Å²) in [6.45, 7) is 2.54. The van der Waals surface area contributed by atoms with Crippen LogP contribution in [0.15, 0.2) is 65.6 Å². The molecule has 0 amide bonds. The molecular formula is C22H19N5O. The largest absolute Gasteiger partial charge is 0.423 e. The molecule has 0 N–H and O–H groups in total. The van der Waals surface area contributed by atoms with Gasteiger partial charge in [0, 0.05) is 43.4 Å². The SMILES string of the molecule is Cn1ccc2cc(-c3ccc4oc(N5CCn6cncc6C5)nc4c3)ccc21. The van der Waals surface area contributed by atoms with Crippen LogP contribution in [0.2, 0.25) is 0 Å². The number of anilines is 1. The normalized spacial score (nSPS) is 14.1. The predicted molar refractivity (Wildman–Crippen MR) is 109 cm³/mol. The molecule has 1 aliphatic rings. The van der Waals surface area contributed by atoms with Gasteiger partial charge in [-0.05, 0) is 41.5 Å². The van der Waals surface area contributed by atoms with E-state index in [-0.39, 0.29) is 0 Å². The molecule has 0 fully saturated rings. The fourth-order valence-corrected chi connectivity index (χ4v) is 4.04. The van der Waals surface area contributed by atoms with Gasteiger partial charge < -0.3 is 18.5 Å². The van der Waals surface area contributed by atoms with E-state index in [0.29, 0.717) is 6.01 Å². The van der Waals surface area contributed by atoms with Crippen LogP contribution in [0.1, 0.15) is 5.69 Å². The summed E-state index contributed by atoms with van der Waals surface area (Å²) in [5.41, 5.74) is 6.46. The van der Waals surface area contributed by atoms with Crippen molar-refractivity contribution in [2.75, 3.05) is 11.4 Å². The predicted octanol–water partition coefficient (Wildman–Crippen LogP) is 4.20. The Morgan fingerprint density at radius 1 is 1.00 bits per heavy atom. The van der Waals surface area contributed by atoms with Crippen molar-refractivity contribution < 1.29 is 4.42 Å². The van der Waals surface area contributed by atoms with Gasteiger partial charge >= 0.3 is 0 Å². The minimum absolute atomic E-state index is 0.679. The van der Waals surface area contributed by atoms with Crippen molar-refractivity contribution >= 4 is 28.0 Å². The van der Waals surface area contributed by atoms with Gasteiger partial charge in [0.15, 0.2) is 5.58 Å². The molecule has 5 aromatic rings. The van der Waals surface area contributed by atoms with Crippen LogP contribution in [0.5, 0.6) is 0 Å². The van der Waals surface area contributed by atoms with Crippen molar-refractivity contribution in [3.05, 3.63) is 66.9 Å². The fourth-order valence-electron chi connectivity index (χ4n) is 4.04. The van der Waals surface area contributed by atoms with Crippen molar-refractivity contribution in [2.24, 2.45) is 7.05 Å². The van der Waals surface area contributed by atoms with Crippen LogP contribution in [-0.4, -0.2) is 25.6 Å². The highest BCUT2D eigenvalue weighted by atomic mass is 16.4. The molecule has 0 aliphatic carbocycles. The lowest BCUT2D eigenvalue weighted by atomic mass is 10.0. The molecule has 0 saturated carbocycles. The van der Waals surface area contributed by atoms with Crippen LogP contribution in [0, 0.1) is 0 Å². The third-order valence-corrected chi connectivity index (χ3v) is 5.63. The Morgan fingerprint density at radius 3 is 2.86 bits per heavy atom. The number of fused-ring (bicyclic) bond motifs is 3. The molecule has 0 bridgehead atoms. The lowest BCUT2D eigenvalue weighted by molar-refractivity contribution is 0.506. The van der Waals surface area contributed by atoms with Gasteiger partial charge in [-0.25, -0.2) is 4.98 Å². The average Bonchev–Trinajstić information content (AvgIpc) is 3.44. The molecule has 0 radical (unpaired) electrons. The van der Waals surface area contributed by atoms with Gasteiger partial charge in [-0.15, -0.1) is 0 Å². The van der Waals surface area contributed by atoms with Crippen molar-refractivity contribution in [2.45, 2.75) is 13.1 Å². The Hall–Kier alpha value is -3.54. The smallest absolute Gasteiger partial charge is 0.298 e. The van der Waals surface area contributed by atoms with E-state index in [1.807, 2.05) is 18.6 Å². The van der Waals surface area contributed by atoms with E-state index in [1.54, 1.807) is 0 Å². The molecule has 2 aromatic carbocycles. The second-order valence-electron chi connectivity index (χ2n) is 7.38. The topological polar surface area (TPSA) is 52.0 Å². The molecule has 0 saturated heterocycles. The highest BCUT2D eigenvalue weighted by Crippen LogP contribution is 2.30.